The maximum Gasteiger partial charge on any atom is 0.252 e. The Labute approximate surface area is 112 Å². The molecule has 4 heteroatoms. The van der Waals surface area contributed by atoms with Gasteiger partial charge in [-0.2, -0.15) is 0 Å². The molecule has 2 rings (SSSR count). The minimum Gasteiger partial charge on any atom is -0.457 e. The summed E-state index contributed by atoms with van der Waals surface area (Å²) in [6, 6.07) is 6.93. The number of hydrogen-bond acceptors (Lipinski definition) is 3. The fourth-order valence-electron chi connectivity index (χ4n) is 1.75. The second kappa shape index (κ2) is 5.91. The van der Waals surface area contributed by atoms with Crippen LogP contribution < -0.4 is 15.8 Å². The number of amides is 1. The number of rotatable bonds is 4. The Balaban J connectivity index is 2.24. The molecule has 0 aliphatic heterocycles. The Morgan fingerprint density at radius 2 is 2.11 bits per heavy atom. The van der Waals surface area contributed by atoms with Gasteiger partial charge in [0.15, 0.2) is 0 Å². The molecule has 4 nitrogen and oxygen atoms in total. The Morgan fingerprint density at radius 1 is 1.32 bits per heavy atom. The van der Waals surface area contributed by atoms with Crippen LogP contribution in [0, 0.1) is 0 Å². The molecule has 0 bridgehead atoms. The maximum absolute atomic E-state index is 11.3. The monoisotopic (exact) mass is 256 g/mol. The van der Waals surface area contributed by atoms with Gasteiger partial charge in [-0.1, -0.05) is 18.2 Å². The van der Waals surface area contributed by atoms with E-state index in [1.54, 1.807) is 24.3 Å². The summed E-state index contributed by atoms with van der Waals surface area (Å²) in [4.78, 5) is 11.3. The first-order valence-electron chi connectivity index (χ1n) is 6.02. The molecule has 0 aromatic heterocycles. The minimum atomic E-state index is -0.500. The van der Waals surface area contributed by atoms with Gasteiger partial charge >= 0.3 is 0 Å². The van der Waals surface area contributed by atoms with Crippen molar-refractivity contribution in [3.8, 4) is 5.75 Å². The lowest BCUT2D eigenvalue weighted by atomic mass is 10.2. The number of carbonyl (C=O) groups is 1. The van der Waals surface area contributed by atoms with Gasteiger partial charge < -0.3 is 15.8 Å². The Hall–Kier alpha value is -2.49. The zero-order valence-corrected chi connectivity index (χ0v) is 10.7. The quantitative estimate of drug-likeness (QED) is 0.867. The molecule has 1 aromatic rings. The molecule has 1 amide bonds. The van der Waals surface area contributed by atoms with Crippen LogP contribution in [0.1, 0.15) is 16.8 Å². The minimum absolute atomic E-state index is 0.374. The molecule has 0 spiro atoms. The van der Waals surface area contributed by atoms with Crippen molar-refractivity contribution in [3.05, 3.63) is 65.6 Å². The van der Waals surface area contributed by atoms with Gasteiger partial charge in [0.25, 0.3) is 5.91 Å². The van der Waals surface area contributed by atoms with Crippen LogP contribution >= 0.6 is 0 Å². The zero-order chi connectivity index (χ0) is 13.7. The van der Waals surface area contributed by atoms with E-state index in [1.165, 1.54) is 0 Å². The number of benzene rings is 1. The molecule has 1 aromatic carbocycles. The van der Waals surface area contributed by atoms with Crippen molar-refractivity contribution in [1.82, 2.24) is 5.32 Å². The topological polar surface area (TPSA) is 64.3 Å². The van der Waals surface area contributed by atoms with Crippen LogP contribution in [-0.2, 0) is 0 Å². The molecule has 0 saturated carbocycles. The third kappa shape index (κ3) is 3.25. The number of primary amides is 1. The summed E-state index contributed by atoms with van der Waals surface area (Å²) in [6.45, 7) is 0. The first kappa shape index (κ1) is 13.0. The molecule has 0 unspecified atom stereocenters. The van der Waals surface area contributed by atoms with Crippen LogP contribution in [0.15, 0.2) is 60.0 Å². The molecule has 0 atom stereocenters. The number of nitrogens with two attached hydrogens (primary N) is 1. The van der Waals surface area contributed by atoms with Crippen LogP contribution in [0.25, 0.3) is 0 Å². The van der Waals surface area contributed by atoms with E-state index in [4.69, 9.17) is 10.5 Å². The highest BCUT2D eigenvalue weighted by atomic mass is 16.5. The summed E-state index contributed by atoms with van der Waals surface area (Å²) in [7, 11) is 1.88. The SMILES string of the molecule is CNC1=CC=C(Oc2ccccc2C(N)=O)C=CC1. The lowest BCUT2D eigenvalue weighted by molar-refractivity contribution is 0.0998. The van der Waals surface area contributed by atoms with E-state index in [9.17, 15) is 4.79 Å². The first-order chi connectivity index (χ1) is 9.20. The molecule has 0 heterocycles. The number of nitrogens with one attached hydrogen (secondary N) is 1. The molecule has 3 N–H and O–H groups in total. The Kier molecular flexibility index (Phi) is 4.03. The third-order valence-corrected chi connectivity index (χ3v) is 2.77. The van der Waals surface area contributed by atoms with E-state index in [0.29, 0.717) is 17.1 Å². The van der Waals surface area contributed by atoms with Gasteiger partial charge in [-0.25, -0.2) is 0 Å². The molecular weight excluding hydrogens is 240 g/mol. The van der Waals surface area contributed by atoms with E-state index in [0.717, 1.165) is 12.1 Å². The fraction of sp³-hybridized carbons (Fsp3) is 0.133. The van der Waals surface area contributed by atoms with Gasteiger partial charge in [0.2, 0.25) is 0 Å². The number of para-hydroxylation sites is 1. The lowest BCUT2D eigenvalue weighted by Crippen LogP contribution is -2.12. The average Bonchev–Trinajstić information content (AvgIpc) is 2.64. The van der Waals surface area contributed by atoms with Gasteiger partial charge in [0.1, 0.15) is 11.5 Å². The van der Waals surface area contributed by atoms with E-state index in [1.807, 2.05) is 31.4 Å². The number of carbonyl (C=O) groups excluding carboxylic acids is 1. The van der Waals surface area contributed by atoms with Crippen molar-refractivity contribution < 1.29 is 9.53 Å². The molecule has 0 radical (unpaired) electrons. The summed E-state index contributed by atoms with van der Waals surface area (Å²) in [6.07, 6.45) is 8.49. The normalized spacial score (nSPS) is 14.2. The van der Waals surface area contributed by atoms with Crippen LogP contribution in [0.3, 0.4) is 0 Å². The van der Waals surface area contributed by atoms with Crippen LogP contribution in [-0.4, -0.2) is 13.0 Å². The first-order valence-corrected chi connectivity index (χ1v) is 6.02. The average molecular weight is 256 g/mol. The summed E-state index contributed by atoms with van der Waals surface area (Å²) >= 11 is 0. The molecule has 19 heavy (non-hydrogen) atoms. The van der Waals surface area contributed by atoms with Crippen molar-refractivity contribution >= 4 is 5.91 Å². The standard InChI is InChI=1S/C15H16N2O2/c1-17-11-5-4-6-12(10-9-11)19-14-8-3-2-7-13(14)15(16)18/h2-4,6-10,17H,5H2,1H3,(H2,16,18). The fourth-order valence-corrected chi connectivity index (χ4v) is 1.75. The highest BCUT2D eigenvalue weighted by Crippen LogP contribution is 2.21. The van der Waals surface area contributed by atoms with Crippen molar-refractivity contribution in [2.75, 3.05) is 7.05 Å². The van der Waals surface area contributed by atoms with Crippen molar-refractivity contribution in [2.24, 2.45) is 5.73 Å². The second-order valence-electron chi connectivity index (χ2n) is 4.08. The predicted octanol–water partition coefficient (Wildman–Crippen LogP) is 2.11. The van der Waals surface area contributed by atoms with Gasteiger partial charge in [0, 0.05) is 19.2 Å². The summed E-state index contributed by atoms with van der Waals surface area (Å²) in [5.41, 5.74) is 6.79. The summed E-state index contributed by atoms with van der Waals surface area (Å²) < 4.78 is 5.72. The van der Waals surface area contributed by atoms with E-state index in [-0.39, 0.29) is 0 Å². The maximum atomic E-state index is 11.3. The molecule has 1 aliphatic carbocycles. The number of allylic oxidation sites excluding steroid dienone is 4. The van der Waals surface area contributed by atoms with E-state index >= 15 is 0 Å². The highest BCUT2D eigenvalue weighted by Gasteiger charge is 2.09. The summed E-state index contributed by atoms with van der Waals surface area (Å²) in [5, 5.41) is 3.09. The van der Waals surface area contributed by atoms with E-state index < -0.39 is 5.91 Å². The van der Waals surface area contributed by atoms with Gasteiger partial charge in [0.05, 0.1) is 5.56 Å². The Bertz CT molecular complexity index is 571. The summed E-state index contributed by atoms with van der Waals surface area (Å²) in [5.74, 6) is 0.631. The Morgan fingerprint density at radius 3 is 2.84 bits per heavy atom. The molecular formula is C15H16N2O2. The highest BCUT2D eigenvalue weighted by molar-refractivity contribution is 5.95. The van der Waals surface area contributed by atoms with Gasteiger partial charge in [-0.15, -0.1) is 0 Å². The van der Waals surface area contributed by atoms with Crippen LogP contribution in [0.2, 0.25) is 0 Å². The predicted molar refractivity (Wildman–Crippen MR) is 74.6 cm³/mol. The molecule has 0 fully saturated rings. The smallest absolute Gasteiger partial charge is 0.252 e. The lowest BCUT2D eigenvalue weighted by Gasteiger charge is -2.08. The van der Waals surface area contributed by atoms with E-state index in [2.05, 4.69) is 5.32 Å². The molecule has 98 valence electrons. The van der Waals surface area contributed by atoms with Gasteiger partial charge in [-0.3, -0.25) is 4.79 Å². The molecule has 1 aliphatic rings. The van der Waals surface area contributed by atoms with Crippen LogP contribution in [0.4, 0.5) is 0 Å². The largest absolute Gasteiger partial charge is 0.457 e. The number of ether oxygens (including phenoxy) is 1. The number of hydrogen-bond donors (Lipinski definition) is 2. The van der Waals surface area contributed by atoms with Gasteiger partial charge in [-0.05, 0) is 30.4 Å². The van der Waals surface area contributed by atoms with Crippen molar-refractivity contribution in [3.63, 3.8) is 0 Å². The second-order valence-corrected chi connectivity index (χ2v) is 4.08. The van der Waals surface area contributed by atoms with Crippen LogP contribution in [0.5, 0.6) is 5.75 Å². The third-order valence-electron chi connectivity index (χ3n) is 2.77. The van der Waals surface area contributed by atoms with Crippen molar-refractivity contribution in [2.45, 2.75) is 6.42 Å². The molecule has 0 saturated heterocycles. The zero-order valence-electron chi connectivity index (χ0n) is 10.7. The van der Waals surface area contributed by atoms with Crippen molar-refractivity contribution in [1.29, 1.82) is 0 Å².